The number of hydrogen-bond acceptors (Lipinski definition) is 6. The van der Waals surface area contributed by atoms with Crippen LogP contribution < -0.4 is 5.32 Å². The lowest BCUT2D eigenvalue weighted by Crippen LogP contribution is -2.39. The van der Waals surface area contributed by atoms with E-state index in [2.05, 4.69) is 20.2 Å². The molecule has 4 rings (SSSR count). The Morgan fingerprint density at radius 1 is 1.22 bits per heavy atom. The zero-order valence-electron chi connectivity index (χ0n) is 15.2. The third kappa shape index (κ3) is 4.29. The highest BCUT2D eigenvalue weighted by Crippen LogP contribution is 2.35. The van der Waals surface area contributed by atoms with Gasteiger partial charge in [-0.25, -0.2) is 9.97 Å². The SMILES string of the molecule is O=C1C[C@H](c2ccccc2Cl)Cc2nc(NCCN3CCOCC3)ncc21. The molecule has 0 radical (unpaired) electrons. The lowest BCUT2D eigenvalue weighted by atomic mass is 9.82. The largest absolute Gasteiger partial charge is 0.379 e. The fraction of sp³-hybridized carbons (Fsp3) is 0.450. The molecule has 1 aromatic carbocycles. The Balaban J connectivity index is 1.44. The second kappa shape index (κ2) is 8.33. The Morgan fingerprint density at radius 2 is 2.04 bits per heavy atom. The molecule has 2 heterocycles. The van der Waals surface area contributed by atoms with Crippen molar-refractivity contribution in [2.45, 2.75) is 18.8 Å². The molecule has 7 heteroatoms. The van der Waals surface area contributed by atoms with Gasteiger partial charge in [0.1, 0.15) is 0 Å². The van der Waals surface area contributed by atoms with Crippen LogP contribution in [0.25, 0.3) is 0 Å². The number of nitrogens with zero attached hydrogens (tertiary/aromatic N) is 3. The summed E-state index contributed by atoms with van der Waals surface area (Å²) in [7, 11) is 0. The fourth-order valence-corrected chi connectivity index (χ4v) is 4.00. The molecule has 0 unspecified atom stereocenters. The number of hydrogen-bond donors (Lipinski definition) is 1. The third-order valence-corrected chi connectivity index (χ3v) is 5.54. The Hall–Kier alpha value is -2.02. The topological polar surface area (TPSA) is 67.4 Å². The van der Waals surface area contributed by atoms with Crippen LogP contribution in [-0.4, -0.2) is 60.0 Å². The summed E-state index contributed by atoms with van der Waals surface area (Å²) in [6.07, 6.45) is 2.81. The molecule has 0 spiro atoms. The normalized spacial score (nSPS) is 20.3. The van der Waals surface area contributed by atoms with Crippen molar-refractivity contribution in [1.82, 2.24) is 14.9 Å². The second-order valence-corrected chi connectivity index (χ2v) is 7.39. The molecule has 1 aliphatic heterocycles. The van der Waals surface area contributed by atoms with E-state index in [9.17, 15) is 4.79 Å². The van der Waals surface area contributed by atoms with E-state index in [4.69, 9.17) is 16.3 Å². The van der Waals surface area contributed by atoms with Crippen molar-refractivity contribution in [3.63, 3.8) is 0 Å². The Bertz CT molecular complexity index is 823. The number of ketones is 1. The first-order valence-corrected chi connectivity index (χ1v) is 9.76. The van der Waals surface area contributed by atoms with Gasteiger partial charge in [0.15, 0.2) is 5.78 Å². The van der Waals surface area contributed by atoms with Gasteiger partial charge < -0.3 is 10.1 Å². The molecule has 1 aliphatic carbocycles. The maximum absolute atomic E-state index is 12.6. The molecule has 0 bridgehead atoms. The molecule has 1 atom stereocenters. The van der Waals surface area contributed by atoms with E-state index < -0.39 is 0 Å². The quantitative estimate of drug-likeness (QED) is 0.852. The number of ether oxygens (including phenoxy) is 1. The number of anilines is 1. The molecule has 1 fully saturated rings. The molecule has 1 saturated heterocycles. The number of Topliss-reactive ketones (excluding diaryl/α,β-unsaturated/α-hetero) is 1. The number of fused-ring (bicyclic) bond motifs is 1. The number of rotatable bonds is 5. The zero-order valence-corrected chi connectivity index (χ0v) is 15.9. The summed E-state index contributed by atoms with van der Waals surface area (Å²) in [5, 5.41) is 3.99. The van der Waals surface area contributed by atoms with Gasteiger partial charge in [0.05, 0.1) is 24.5 Å². The highest BCUT2D eigenvalue weighted by Gasteiger charge is 2.29. The summed E-state index contributed by atoms with van der Waals surface area (Å²) < 4.78 is 5.36. The van der Waals surface area contributed by atoms with Crippen LogP contribution in [0.2, 0.25) is 5.02 Å². The summed E-state index contributed by atoms with van der Waals surface area (Å²) in [5.41, 5.74) is 2.45. The first-order chi connectivity index (χ1) is 13.2. The molecule has 1 N–H and O–H groups in total. The number of nitrogens with one attached hydrogen (secondary N) is 1. The minimum Gasteiger partial charge on any atom is -0.379 e. The highest BCUT2D eigenvalue weighted by atomic mass is 35.5. The van der Waals surface area contributed by atoms with Crippen LogP contribution >= 0.6 is 11.6 Å². The molecule has 0 saturated carbocycles. The van der Waals surface area contributed by atoms with Gasteiger partial charge in [-0.15, -0.1) is 0 Å². The van der Waals surface area contributed by atoms with Crippen LogP contribution in [0.15, 0.2) is 30.5 Å². The predicted molar refractivity (Wildman–Crippen MR) is 105 cm³/mol. The molecule has 0 amide bonds. The third-order valence-electron chi connectivity index (χ3n) is 5.20. The number of benzene rings is 1. The fourth-order valence-electron chi connectivity index (χ4n) is 3.71. The van der Waals surface area contributed by atoms with Crippen LogP contribution in [-0.2, 0) is 11.2 Å². The lowest BCUT2D eigenvalue weighted by Gasteiger charge is -2.26. The van der Waals surface area contributed by atoms with Crippen LogP contribution in [0.1, 0.15) is 34.0 Å². The van der Waals surface area contributed by atoms with E-state index >= 15 is 0 Å². The van der Waals surface area contributed by atoms with E-state index in [1.165, 1.54) is 0 Å². The summed E-state index contributed by atoms with van der Waals surface area (Å²) in [5.74, 6) is 0.727. The van der Waals surface area contributed by atoms with E-state index in [1.807, 2.05) is 24.3 Å². The van der Waals surface area contributed by atoms with Crippen molar-refractivity contribution < 1.29 is 9.53 Å². The van der Waals surface area contributed by atoms with Gasteiger partial charge in [-0.3, -0.25) is 9.69 Å². The standard InChI is InChI=1S/C20H23ClN4O2/c21-17-4-2-1-3-15(17)14-11-18-16(19(26)12-14)13-23-20(24-18)22-5-6-25-7-9-27-10-8-25/h1-4,13-14H,5-12H2,(H,22,23,24)/t14-/m1/s1. The summed E-state index contributed by atoms with van der Waals surface area (Å²) in [6, 6.07) is 7.73. The van der Waals surface area contributed by atoms with Gasteiger partial charge in [-0.1, -0.05) is 29.8 Å². The molecule has 6 nitrogen and oxygen atoms in total. The monoisotopic (exact) mass is 386 g/mol. The predicted octanol–water partition coefficient (Wildman–Crippen LogP) is 2.79. The van der Waals surface area contributed by atoms with Gasteiger partial charge in [-0.2, -0.15) is 0 Å². The minimum atomic E-state index is 0.0646. The average Bonchev–Trinajstić information content (AvgIpc) is 2.69. The van der Waals surface area contributed by atoms with Gasteiger partial charge in [0.25, 0.3) is 0 Å². The summed E-state index contributed by atoms with van der Waals surface area (Å²) in [4.78, 5) is 23.9. The number of morpholine rings is 1. The maximum Gasteiger partial charge on any atom is 0.222 e. The number of carbonyl (C=O) groups is 1. The number of halogens is 1. The van der Waals surface area contributed by atoms with E-state index in [0.717, 1.165) is 50.7 Å². The number of carbonyl (C=O) groups excluding carboxylic acids is 1. The van der Waals surface area contributed by atoms with E-state index in [-0.39, 0.29) is 11.7 Å². The van der Waals surface area contributed by atoms with Crippen LogP contribution in [0, 0.1) is 0 Å². The van der Waals surface area contributed by atoms with Crippen molar-refractivity contribution in [1.29, 1.82) is 0 Å². The van der Waals surface area contributed by atoms with E-state index in [1.54, 1.807) is 6.20 Å². The van der Waals surface area contributed by atoms with Gasteiger partial charge in [0.2, 0.25) is 5.95 Å². The van der Waals surface area contributed by atoms with Crippen LogP contribution in [0.4, 0.5) is 5.95 Å². The van der Waals surface area contributed by atoms with Crippen LogP contribution in [0.3, 0.4) is 0 Å². The second-order valence-electron chi connectivity index (χ2n) is 6.98. The highest BCUT2D eigenvalue weighted by molar-refractivity contribution is 6.31. The molecular formula is C20H23ClN4O2. The number of aromatic nitrogens is 2. The van der Waals surface area contributed by atoms with Crippen molar-refractivity contribution >= 4 is 23.3 Å². The van der Waals surface area contributed by atoms with Crippen molar-refractivity contribution in [3.05, 3.63) is 52.3 Å². The molecule has 2 aromatic rings. The lowest BCUT2D eigenvalue weighted by molar-refractivity contribution is 0.0398. The van der Waals surface area contributed by atoms with Gasteiger partial charge in [0, 0.05) is 43.8 Å². The first-order valence-electron chi connectivity index (χ1n) is 9.38. The summed E-state index contributed by atoms with van der Waals surface area (Å²) >= 11 is 6.34. The van der Waals surface area contributed by atoms with Crippen molar-refractivity contribution in [2.75, 3.05) is 44.7 Å². The van der Waals surface area contributed by atoms with Crippen molar-refractivity contribution in [3.8, 4) is 0 Å². The molecular weight excluding hydrogens is 364 g/mol. The Kier molecular flexibility index (Phi) is 5.66. The molecule has 27 heavy (non-hydrogen) atoms. The smallest absolute Gasteiger partial charge is 0.222 e. The minimum absolute atomic E-state index is 0.0646. The zero-order chi connectivity index (χ0) is 18.6. The maximum atomic E-state index is 12.6. The van der Waals surface area contributed by atoms with Gasteiger partial charge >= 0.3 is 0 Å². The Labute approximate surface area is 163 Å². The summed E-state index contributed by atoms with van der Waals surface area (Å²) in [6.45, 7) is 5.19. The molecule has 142 valence electrons. The van der Waals surface area contributed by atoms with Crippen LogP contribution in [0.5, 0.6) is 0 Å². The van der Waals surface area contributed by atoms with Gasteiger partial charge in [-0.05, 0) is 24.0 Å². The average molecular weight is 387 g/mol. The van der Waals surface area contributed by atoms with E-state index in [0.29, 0.717) is 29.4 Å². The first kappa shape index (κ1) is 18.3. The van der Waals surface area contributed by atoms with Crippen molar-refractivity contribution in [2.24, 2.45) is 0 Å². The molecule has 1 aromatic heterocycles. The Morgan fingerprint density at radius 3 is 2.85 bits per heavy atom. The molecule has 2 aliphatic rings.